The van der Waals surface area contributed by atoms with Crippen LogP contribution in [0.2, 0.25) is 5.02 Å². The van der Waals surface area contributed by atoms with E-state index in [0.717, 1.165) is 0 Å². The van der Waals surface area contributed by atoms with Crippen molar-refractivity contribution in [1.82, 2.24) is 5.32 Å². The lowest BCUT2D eigenvalue weighted by molar-refractivity contribution is 0.0928. The van der Waals surface area contributed by atoms with Crippen LogP contribution in [0.15, 0.2) is 36.4 Å². The molecule has 0 aliphatic heterocycles. The van der Waals surface area contributed by atoms with E-state index in [1.807, 2.05) is 25.1 Å². The fraction of sp³-hybridized carbons (Fsp3) is 0.278. The number of carbonyl (C=O) groups excluding carboxylic acids is 1. The molecule has 0 fully saturated rings. The minimum atomic E-state index is -0.325. The summed E-state index contributed by atoms with van der Waals surface area (Å²) in [6.45, 7) is 2.14. The summed E-state index contributed by atoms with van der Waals surface area (Å²) in [5.74, 6) is 1.28. The van der Waals surface area contributed by atoms with Crippen molar-refractivity contribution in [2.75, 3.05) is 26.5 Å². The number of halogens is 1. The fourth-order valence-electron chi connectivity index (χ4n) is 2.22. The van der Waals surface area contributed by atoms with Crippen LogP contribution in [0.1, 0.15) is 17.3 Å². The van der Waals surface area contributed by atoms with Crippen LogP contribution < -0.4 is 25.3 Å². The lowest BCUT2D eigenvalue weighted by Gasteiger charge is -2.18. The first-order valence-electron chi connectivity index (χ1n) is 7.67. The lowest BCUT2D eigenvalue weighted by Crippen LogP contribution is -2.33. The summed E-state index contributed by atoms with van der Waals surface area (Å²) < 4.78 is 16.2. The van der Waals surface area contributed by atoms with Crippen molar-refractivity contribution in [3.63, 3.8) is 0 Å². The van der Waals surface area contributed by atoms with Gasteiger partial charge in [0.1, 0.15) is 11.9 Å². The zero-order chi connectivity index (χ0) is 18.4. The molecule has 0 heterocycles. The van der Waals surface area contributed by atoms with Crippen LogP contribution in [-0.2, 0) is 0 Å². The molecule has 0 saturated heterocycles. The number of amides is 1. The summed E-state index contributed by atoms with van der Waals surface area (Å²) in [7, 11) is 3.04. The molecule has 25 heavy (non-hydrogen) atoms. The van der Waals surface area contributed by atoms with Gasteiger partial charge in [0.15, 0.2) is 11.5 Å². The molecule has 0 bridgehead atoms. The van der Waals surface area contributed by atoms with Crippen molar-refractivity contribution in [3.8, 4) is 17.2 Å². The molecule has 1 unspecified atom stereocenters. The maximum atomic E-state index is 12.4. The van der Waals surface area contributed by atoms with E-state index >= 15 is 0 Å². The number of ether oxygens (including phenoxy) is 3. The number of anilines is 1. The monoisotopic (exact) mass is 364 g/mol. The Morgan fingerprint density at radius 1 is 1.16 bits per heavy atom. The molecule has 1 atom stereocenters. The van der Waals surface area contributed by atoms with E-state index in [-0.39, 0.29) is 12.0 Å². The normalized spacial score (nSPS) is 11.5. The third-order valence-corrected chi connectivity index (χ3v) is 3.84. The van der Waals surface area contributed by atoms with Crippen LogP contribution >= 0.6 is 11.6 Å². The smallest absolute Gasteiger partial charge is 0.255 e. The second-order valence-electron chi connectivity index (χ2n) is 5.36. The highest BCUT2D eigenvalue weighted by Gasteiger charge is 2.16. The molecule has 2 aromatic rings. The maximum absolute atomic E-state index is 12.4. The van der Waals surface area contributed by atoms with Crippen molar-refractivity contribution in [1.29, 1.82) is 0 Å². The number of benzene rings is 2. The van der Waals surface area contributed by atoms with Crippen molar-refractivity contribution < 1.29 is 19.0 Å². The van der Waals surface area contributed by atoms with Gasteiger partial charge in [-0.1, -0.05) is 23.7 Å². The Hall–Kier alpha value is -2.60. The third-order valence-electron chi connectivity index (χ3n) is 3.51. The number of hydrogen-bond acceptors (Lipinski definition) is 5. The number of rotatable bonds is 7. The number of nitrogen functional groups attached to an aromatic ring is 1. The van der Waals surface area contributed by atoms with E-state index in [9.17, 15) is 4.79 Å². The largest absolute Gasteiger partial charge is 0.496 e. The molecular weight excluding hydrogens is 344 g/mol. The molecule has 0 spiro atoms. The van der Waals surface area contributed by atoms with Gasteiger partial charge in [0, 0.05) is 6.07 Å². The SMILES string of the molecule is COc1ccccc1OC(C)CNC(=O)c1cc(Cl)c(N)cc1OC. The molecule has 0 saturated carbocycles. The zero-order valence-electron chi connectivity index (χ0n) is 14.3. The Kier molecular flexibility index (Phi) is 6.36. The van der Waals surface area contributed by atoms with Gasteiger partial charge < -0.3 is 25.3 Å². The average molecular weight is 365 g/mol. The van der Waals surface area contributed by atoms with Gasteiger partial charge in [0.2, 0.25) is 0 Å². The Balaban J connectivity index is 2.01. The van der Waals surface area contributed by atoms with E-state index in [4.69, 9.17) is 31.5 Å². The lowest BCUT2D eigenvalue weighted by atomic mass is 10.1. The summed E-state index contributed by atoms with van der Waals surface area (Å²) in [6.07, 6.45) is -0.268. The molecule has 0 aliphatic rings. The zero-order valence-corrected chi connectivity index (χ0v) is 15.1. The van der Waals surface area contributed by atoms with E-state index in [1.54, 1.807) is 13.2 Å². The Morgan fingerprint density at radius 2 is 1.80 bits per heavy atom. The first kappa shape index (κ1) is 18.7. The van der Waals surface area contributed by atoms with Crippen LogP contribution in [0, 0.1) is 0 Å². The van der Waals surface area contributed by atoms with Crippen molar-refractivity contribution >= 4 is 23.2 Å². The standard InChI is InChI=1S/C18H21ClN2O4/c1-11(25-16-7-5-4-6-15(16)23-2)10-21-18(22)12-8-13(19)14(20)9-17(12)24-3/h4-9,11H,10,20H2,1-3H3,(H,21,22). The number of carbonyl (C=O) groups is 1. The molecule has 1 amide bonds. The highest BCUT2D eigenvalue weighted by molar-refractivity contribution is 6.33. The second-order valence-corrected chi connectivity index (χ2v) is 5.77. The average Bonchev–Trinajstić information content (AvgIpc) is 2.62. The molecule has 0 aromatic heterocycles. The minimum Gasteiger partial charge on any atom is -0.496 e. The highest BCUT2D eigenvalue weighted by atomic mass is 35.5. The second kappa shape index (κ2) is 8.48. The first-order valence-corrected chi connectivity index (χ1v) is 8.05. The number of nitrogens with one attached hydrogen (secondary N) is 1. The number of methoxy groups -OCH3 is 2. The van der Waals surface area contributed by atoms with E-state index in [0.29, 0.717) is 40.1 Å². The first-order chi connectivity index (χ1) is 12.0. The molecule has 3 N–H and O–H groups in total. The van der Waals surface area contributed by atoms with Crippen LogP contribution in [0.5, 0.6) is 17.2 Å². The van der Waals surface area contributed by atoms with Gasteiger partial charge in [-0.05, 0) is 25.1 Å². The van der Waals surface area contributed by atoms with Crippen molar-refractivity contribution in [2.24, 2.45) is 0 Å². The van der Waals surface area contributed by atoms with Gasteiger partial charge in [-0.15, -0.1) is 0 Å². The van der Waals surface area contributed by atoms with E-state index < -0.39 is 0 Å². The topological polar surface area (TPSA) is 82.8 Å². The summed E-state index contributed by atoms with van der Waals surface area (Å²) in [5, 5.41) is 3.09. The minimum absolute atomic E-state index is 0.268. The van der Waals surface area contributed by atoms with Crippen LogP contribution in [0.3, 0.4) is 0 Å². The summed E-state index contributed by atoms with van der Waals surface area (Å²) in [5.41, 5.74) is 6.39. The van der Waals surface area contributed by atoms with Crippen LogP contribution in [0.4, 0.5) is 5.69 Å². The Labute approximate surface area is 151 Å². The van der Waals surface area contributed by atoms with Crippen molar-refractivity contribution in [2.45, 2.75) is 13.0 Å². The number of nitrogens with two attached hydrogens (primary N) is 1. The van der Waals surface area contributed by atoms with Gasteiger partial charge >= 0.3 is 0 Å². The Bertz CT molecular complexity index is 752. The fourth-order valence-corrected chi connectivity index (χ4v) is 2.39. The maximum Gasteiger partial charge on any atom is 0.255 e. The quantitative estimate of drug-likeness (QED) is 0.737. The summed E-state index contributed by atoms with van der Waals surface area (Å²) in [6, 6.07) is 10.3. The van der Waals surface area contributed by atoms with Crippen LogP contribution in [0.25, 0.3) is 0 Å². The molecule has 2 aromatic carbocycles. The van der Waals surface area contributed by atoms with E-state index in [1.165, 1.54) is 19.2 Å². The summed E-state index contributed by atoms with van der Waals surface area (Å²) in [4.78, 5) is 12.4. The predicted octanol–water partition coefficient (Wildman–Crippen LogP) is 3.14. The highest BCUT2D eigenvalue weighted by Crippen LogP contribution is 2.29. The number of para-hydroxylation sites is 2. The van der Waals surface area contributed by atoms with Gasteiger partial charge in [0.05, 0.1) is 37.0 Å². The summed E-state index contributed by atoms with van der Waals surface area (Å²) >= 11 is 5.99. The number of hydrogen-bond donors (Lipinski definition) is 2. The molecule has 0 aliphatic carbocycles. The molecule has 7 heteroatoms. The van der Waals surface area contributed by atoms with Gasteiger partial charge in [-0.2, -0.15) is 0 Å². The Morgan fingerprint density at radius 3 is 2.44 bits per heavy atom. The van der Waals surface area contributed by atoms with E-state index in [2.05, 4.69) is 5.32 Å². The van der Waals surface area contributed by atoms with Crippen molar-refractivity contribution in [3.05, 3.63) is 47.0 Å². The molecule has 6 nitrogen and oxygen atoms in total. The molecule has 134 valence electrons. The van der Waals surface area contributed by atoms with Crippen LogP contribution in [-0.4, -0.2) is 32.8 Å². The molecule has 2 rings (SSSR count). The molecule has 0 radical (unpaired) electrons. The predicted molar refractivity (Wildman–Crippen MR) is 97.8 cm³/mol. The van der Waals surface area contributed by atoms with Gasteiger partial charge in [0.25, 0.3) is 5.91 Å². The van der Waals surface area contributed by atoms with Gasteiger partial charge in [-0.3, -0.25) is 4.79 Å². The molecular formula is C18H21ClN2O4. The van der Waals surface area contributed by atoms with Gasteiger partial charge in [-0.25, -0.2) is 0 Å². The third kappa shape index (κ3) is 4.70.